The Labute approximate surface area is 144 Å². The largest absolute Gasteiger partial charge is 0.478 e. The molecule has 128 valence electrons. The van der Waals surface area contributed by atoms with Gasteiger partial charge in [0.05, 0.1) is 11.6 Å². The highest BCUT2D eigenvalue weighted by atomic mass is 16.4. The minimum Gasteiger partial charge on any atom is -0.478 e. The molecule has 3 N–H and O–H groups in total. The van der Waals surface area contributed by atoms with E-state index in [0.717, 1.165) is 16.8 Å². The predicted molar refractivity (Wildman–Crippen MR) is 92.7 cm³/mol. The number of aryl methyl sites for hydroxylation is 1. The number of hydrogen-bond acceptors (Lipinski definition) is 3. The molecule has 0 saturated heterocycles. The molecule has 6 nitrogen and oxygen atoms in total. The Balaban J connectivity index is 1.75. The van der Waals surface area contributed by atoms with Crippen LogP contribution in [0.1, 0.15) is 51.2 Å². The van der Waals surface area contributed by atoms with E-state index in [4.69, 9.17) is 5.11 Å². The van der Waals surface area contributed by atoms with Crippen molar-refractivity contribution in [3.8, 4) is 0 Å². The second-order valence-corrected chi connectivity index (χ2v) is 6.05. The van der Waals surface area contributed by atoms with Crippen molar-refractivity contribution in [1.29, 1.82) is 0 Å². The summed E-state index contributed by atoms with van der Waals surface area (Å²) >= 11 is 0. The van der Waals surface area contributed by atoms with E-state index < -0.39 is 5.97 Å². The average Bonchev–Trinajstić information content (AvgIpc) is 2.61. The number of benzene rings is 2. The predicted octanol–water partition coefficient (Wildman–Crippen LogP) is 2.76. The fourth-order valence-electron chi connectivity index (χ4n) is 2.83. The molecular formula is C19H18N2O4. The van der Waals surface area contributed by atoms with Crippen LogP contribution >= 0.6 is 0 Å². The summed E-state index contributed by atoms with van der Waals surface area (Å²) in [6, 6.07) is 11.4. The number of carboxylic acid groups (broad SMARTS) is 1. The van der Waals surface area contributed by atoms with Crippen molar-refractivity contribution in [2.75, 3.05) is 5.32 Å². The second-order valence-electron chi connectivity index (χ2n) is 6.05. The van der Waals surface area contributed by atoms with Crippen molar-refractivity contribution in [3.05, 3.63) is 64.7 Å². The number of fused-ring (bicyclic) bond motifs is 1. The van der Waals surface area contributed by atoms with E-state index in [0.29, 0.717) is 18.4 Å². The van der Waals surface area contributed by atoms with E-state index in [-0.39, 0.29) is 23.4 Å². The van der Waals surface area contributed by atoms with Crippen molar-refractivity contribution in [3.63, 3.8) is 0 Å². The Bertz CT molecular complexity index is 860. The number of amides is 2. The second kappa shape index (κ2) is 6.76. The molecule has 1 aliphatic rings. The monoisotopic (exact) mass is 338 g/mol. The highest BCUT2D eigenvalue weighted by Gasteiger charge is 2.18. The summed E-state index contributed by atoms with van der Waals surface area (Å²) in [7, 11) is 0. The molecule has 0 saturated carbocycles. The van der Waals surface area contributed by atoms with Crippen molar-refractivity contribution in [1.82, 2.24) is 5.32 Å². The molecule has 25 heavy (non-hydrogen) atoms. The molecule has 2 aromatic carbocycles. The number of carbonyl (C=O) groups excluding carboxylic acids is 2. The third-order valence-corrected chi connectivity index (χ3v) is 4.24. The van der Waals surface area contributed by atoms with E-state index in [1.54, 1.807) is 12.1 Å². The molecule has 2 amide bonds. The summed E-state index contributed by atoms with van der Waals surface area (Å²) in [4.78, 5) is 34.8. The van der Waals surface area contributed by atoms with E-state index >= 15 is 0 Å². The van der Waals surface area contributed by atoms with E-state index in [9.17, 15) is 14.4 Å². The minimum absolute atomic E-state index is 0.0138. The fraction of sp³-hybridized carbons (Fsp3) is 0.211. The molecule has 0 fully saturated rings. The molecule has 2 aromatic rings. The van der Waals surface area contributed by atoms with Gasteiger partial charge in [0.25, 0.3) is 5.91 Å². The molecule has 3 rings (SSSR count). The number of anilines is 1. The first kappa shape index (κ1) is 16.7. The van der Waals surface area contributed by atoms with Gasteiger partial charge in [0.2, 0.25) is 5.91 Å². The van der Waals surface area contributed by atoms with Gasteiger partial charge >= 0.3 is 5.97 Å². The normalized spacial score (nSPS) is 14.2. The summed E-state index contributed by atoms with van der Waals surface area (Å²) < 4.78 is 0. The highest BCUT2D eigenvalue weighted by molar-refractivity contribution is 5.97. The smallest absolute Gasteiger partial charge is 0.335 e. The van der Waals surface area contributed by atoms with Gasteiger partial charge in [-0.1, -0.05) is 18.2 Å². The zero-order valence-corrected chi connectivity index (χ0v) is 13.7. The van der Waals surface area contributed by atoms with E-state index in [2.05, 4.69) is 10.6 Å². The fourth-order valence-corrected chi connectivity index (χ4v) is 2.83. The molecule has 0 spiro atoms. The molecule has 1 atom stereocenters. The number of carbonyl (C=O) groups is 3. The molecule has 1 unspecified atom stereocenters. The molecule has 0 aromatic heterocycles. The van der Waals surface area contributed by atoms with Crippen LogP contribution in [0.2, 0.25) is 0 Å². The van der Waals surface area contributed by atoms with Gasteiger partial charge in [0, 0.05) is 17.7 Å². The van der Waals surface area contributed by atoms with Gasteiger partial charge in [0.1, 0.15) is 0 Å². The maximum atomic E-state index is 12.4. The summed E-state index contributed by atoms with van der Waals surface area (Å²) in [6.07, 6.45) is 1.13. The van der Waals surface area contributed by atoms with Crippen LogP contribution in [0.25, 0.3) is 0 Å². The minimum atomic E-state index is -1.07. The van der Waals surface area contributed by atoms with Crippen molar-refractivity contribution in [2.24, 2.45) is 0 Å². The SMILES string of the molecule is CC(NC(=O)c1cccc(C(=O)O)c1)c1ccc2c(c1)CCC(=O)N2. The average molecular weight is 338 g/mol. The maximum Gasteiger partial charge on any atom is 0.335 e. The molecule has 6 heteroatoms. The number of rotatable bonds is 4. The van der Waals surface area contributed by atoms with Gasteiger partial charge in [0.15, 0.2) is 0 Å². The first-order valence-corrected chi connectivity index (χ1v) is 8.01. The van der Waals surface area contributed by atoms with Gasteiger partial charge in [-0.2, -0.15) is 0 Å². The van der Waals surface area contributed by atoms with Crippen LogP contribution in [0.4, 0.5) is 5.69 Å². The summed E-state index contributed by atoms with van der Waals surface area (Å²) in [6.45, 7) is 1.86. The van der Waals surface area contributed by atoms with Crippen LogP contribution in [-0.4, -0.2) is 22.9 Å². The Morgan fingerprint density at radius 3 is 2.64 bits per heavy atom. The Morgan fingerprint density at radius 1 is 1.12 bits per heavy atom. The first-order valence-electron chi connectivity index (χ1n) is 8.01. The van der Waals surface area contributed by atoms with Gasteiger partial charge in [-0.15, -0.1) is 0 Å². The van der Waals surface area contributed by atoms with Crippen LogP contribution in [0.5, 0.6) is 0 Å². The standard InChI is InChI=1S/C19H18N2O4/c1-11(12-5-7-16-13(9-12)6-8-17(22)21-16)20-18(23)14-3-2-4-15(10-14)19(24)25/h2-5,7,9-11H,6,8H2,1H3,(H,20,23)(H,21,22)(H,24,25). The van der Waals surface area contributed by atoms with Crippen molar-refractivity contribution in [2.45, 2.75) is 25.8 Å². The third-order valence-electron chi connectivity index (χ3n) is 4.24. The van der Waals surface area contributed by atoms with Gasteiger partial charge < -0.3 is 15.7 Å². The summed E-state index contributed by atoms with van der Waals surface area (Å²) in [5, 5.41) is 14.7. The number of nitrogens with one attached hydrogen (secondary N) is 2. The lowest BCUT2D eigenvalue weighted by Crippen LogP contribution is -2.27. The first-order chi connectivity index (χ1) is 11.9. The molecule has 0 radical (unpaired) electrons. The molecule has 1 aliphatic heterocycles. The Morgan fingerprint density at radius 2 is 1.88 bits per heavy atom. The van der Waals surface area contributed by atoms with E-state index in [1.807, 2.05) is 25.1 Å². The lowest BCUT2D eigenvalue weighted by Gasteiger charge is -2.20. The molecule has 0 bridgehead atoms. The Kier molecular flexibility index (Phi) is 4.52. The van der Waals surface area contributed by atoms with Gasteiger partial charge in [-0.25, -0.2) is 4.79 Å². The molecular weight excluding hydrogens is 320 g/mol. The lowest BCUT2D eigenvalue weighted by molar-refractivity contribution is -0.116. The van der Waals surface area contributed by atoms with Crippen LogP contribution in [0, 0.1) is 0 Å². The zero-order valence-electron chi connectivity index (χ0n) is 13.7. The van der Waals surface area contributed by atoms with Gasteiger partial charge in [-0.3, -0.25) is 9.59 Å². The lowest BCUT2D eigenvalue weighted by atomic mass is 9.97. The third kappa shape index (κ3) is 3.68. The van der Waals surface area contributed by atoms with Crippen LogP contribution in [-0.2, 0) is 11.2 Å². The van der Waals surface area contributed by atoms with Crippen molar-refractivity contribution < 1.29 is 19.5 Å². The van der Waals surface area contributed by atoms with Crippen LogP contribution in [0.15, 0.2) is 42.5 Å². The zero-order chi connectivity index (χ0) is 18.0. The van der Waals surface area contributed by atoms with Crippen LogP contribution < -0.4 is 10.6 Å². The Hall–Kier alpha value is -3.15. The summed E-state index contributed by atoms with van der Waals surface area (Å²) in [5.41, 5.74) is 3.16. The number of carboxylic acids is 1. The maximum absolute atomic E-state index is 12.4. The highest BCUT2D eigenvalue weighted by Crippen LogP contribution is 2.26. The summed E-state index contributed by atoms with van der Waals surface area (Å²) in [5.74, 6) is -1.39. The van der Waals surface area contributed by atoms with E-state index in [1.165, 1.54) is 12.1 Å². The quantitative estimate of drug-likeness (QED) is 0.799. The number of aromatic carboxylic acids is 1. The topological polar surface area (TPSA) is 95.5 Å². The van der Waals surface area contributed by atoms with Crippen molar-refractivity contribution >= 4 is 23.5 Å². The number of hydrogen-bond donors (Lipinski definition) is 3. The van der Waals surface area contributed by atoms with Crippen LogP contribution in [0.3, 0.4) is 0 Å². The van der Waals surface area contributed by atoms with Gasteiger partial charge in [-0.05, 0) is 48.7 Å². The molecule has 1 heterocycles. The molecule has 0 aliphatic carbocycles.